The van der Waals surface area contributed by atoms with Crippen LogP contribution in [0, 0.1) is 0 Å². The van der Waals surface area contributed by atoms with E-state index in [1.54, 1.807) is 24.3 Å². The smallest absolute Gasteiger partial charge is 0.323 e. The zero-order valence-electron chi connectivity index (χ0n) is 16.4. The minimum atomic E-state index is -1.20. The summed E-state index contributed by atoms with van der Waals surface area (Å²) in [4.78, 5) is 61.9. The molecule has 1 aromatic carbocycles. The van der Waals surface area contributed by atoms with Gasteiger partial charge in [0, 0.05) is 18.7 Å². The lowest BCUT2D eigenvalue weighted by atomic mass is 10.1. The van der Waals surface area contributed by atoms with Gasteiger partial charge in [0.05, 0.1) is 13.0 Å². The number of nitrogens with two attached hydrogens (primary N) is 2. The normalized spacial score (nSPS) is 16.3. The molecule has 1 aromatic rings. The number of carboxylic acids is 1. The minimum absolute atomic E-state index is 0.00267. The van der Waals surface area contributed by atoms with Gasteiger partial charge in [0.1, 0.15) is 12.6 Å². The largest absolute Gasteiger partial charge is 0.480 e. The van der Waals surface area contributed by atoms with E-state index in [1.165, 1.54) is 0 Å². The first-order chi connectivity index (χ1) is 14.2. The molecule has 6 N–H and O–H groups in total. The van der Waals surface area contributed by atoms with Crippen LogP contribution < -0.4 is 16.8 Å². The highest BCUT2D eigenvalue weighted by molar-refractivity contribution is 5.98. The van der Waals surface area contributed by atoms with Crippen molar-refractivity contribution in [3.05, 3.63) is 35.4 Å². The Morgan fingerprint density at radius 3 is 2.37 bits per heavy atom. The SMILES string of the molecule is NCCc1ccc(C(=O)NCC(=O)N2CCN(CC(=O)O)C(=O)[C@@H]2CC(N)=O)cc1. The van der Waals surface area contributed by atoms with E-state index in [0.29, 0.717) is 18.5 Å². The van der Waals surface area contributed by atoms with Crippen molar-refractivity contribution >= 4 is 29.6 Å². The Kier molecular flexibility index (Phi) is 7.87. The van der Waals surface area contributed by atoms with E-state index in [9.17, 15) is 24.0 Å². The third kappa shape index (κ3) is 6.01. The number of hydrogen-bond donors (Lipinski definition) is 4. The second-order valence-corrected chi connectivity index (χ2v) is 6.85. The molecule has 1 heterocycles. The van der Waals surface area contributed by atoms with E-state index >= 15 is 0 Å². The predicted octanol–water partition coefficient (Wildman–Crippen LogP) is -2.08. The Labute approximate surface area is 173 Å². The third-order valence-electron chi connectivity index (χ3n) is 4.67. The molecule has 162 valence electrons. The maximum Gasteiger partial charge on any atom is 0.323 e. The van der Waals surface area contributed by atoms with Gasteiger partial charge in [-0.25, -0.2) is 0 Å². The lowest BCUT2D eigenvalue weighted by molar-refractivity contribution is -0.155. The summed E-state index contributed by atoms with van der Waals surface area (Å²) in [5, 5.41) is 11.4. The second-order valence-electron chi connectivity index (χ2n) is 6.85. The quantitative estimate of drug-likeness (QED) is 0.355. The number of piperazine rings is 1. The molecule has 0 aliphatic carbocycles. The van der Waals surface area contributed by atoms with Gasteiger partial charge in [0.25, 0.3) is 5.91 Å². The van der Waals surface area contributed by atoms with E-state index in [-0.39, 0.29) is 19.6 Å². The topological polar surface area (TPSA) is 176 Å². The Hall–Kier alpha value is -3.47. The maximum absolute atomic E-state index is 12.6. The molecule has 4 amide bonds. The Morgan fingerprint density at radius 2 is 1.80 bits per heavy atom. The van der Waals surface area contributed by atoms with E-state index in [1.807, 2.05) is 0 Å². The molecule has 1 atom stereocenters. The lowest BCUT2D eigenvalue weighted by Crippen LogP contribution is -2.61. The first-order valence-electron chi connectivity index (χ1n) is 9.38. The number of rotatable bonds is 9. The third-order valence-corrected chi connectivity index (χ3v) is 4.67. The summed E-state index contributed by atoms with van der Waals surface area (Å²) in [7, 11) is 0. The molecule has 1 saturated heterocycles. The average molecular weight is 419 g/mol. The molecule has 1 aliphatic heterocycles. The van der Waals surface area contributed by atoms with E-state index in [4.69, 9.17) is 16.6 Å². The molecule has 1 aliphatic rings. The highest BCUT2D eigenvalue weighted by Gasteiger charge is 2.38. The molecule has 11 heteroatoms. The van der Waals surface area contributed by atoms with Crippen LogP contribution in [-0.4, -0.2) is 83.3 Å². The van der Waals surface area contributed by atoms with Crippen LogP contribution in [0.3, 0.4) is 0 Å². The molecular weight excluding hydrogens is 394 g/mol. The van der Waals surface area contributed by atoms with Crippen LogP contribution in [0.2, 0.25) is 0 Å². The van der Waals surface area contributed by atoms with Crippen molar-refractivity contribution in [1.29, 1.82) is 0 Å². The van der Waals surface area contributed by atoms with Crippen molar-refractivity contribution in [3.63, 3.8) is 0 Å². The monoisotopic (exact) mass is 419 g/mol. The first kappa shape index (κ1) is 22.8. The van der Waals surface area contributed by atoms with Gasteiger partial charge in [-0.2, -0.15) is 0 Å². The highest BCUT2D eigenvalue weighted by atomic mass is 16.4. The van der Waals surface area contributed by atoms with Crippen LogP contribution in [0.1, 0.15) is 22.3 Å². The summed E-state index contributed by atoms with van der Waals surface area (Å²) in [5.41, 5.74) is 12.0. The minimum Gasteiger partial charge on any atom is -0.480 e. The number of carbonyl (C=O) groups excluding carboxylic acids is 4. The summed E-state index contributed by atoms with van der Waals surface area (Å²) in [5.74, 6) is -3.71. The molecule has 0 unspecified atom stereocenters. The number of primary amides is 1. The van der Waals surface area contributed by atoms with E-state index in [2.05, 4.69) is 5.32 Å². The number of hydrogen-bond acceptors (Lipinski definition) is 6. The Bertz CT molecular complexity index is 825. The lowest BCUT2D eigenvalue weighted by Gasteiger charge is -2.39. The zero-order chi connectivity index (χ0) is 22.3. The van der Waals surface area contributed by atoms with Crippen molar-refractivity contribution in [2.75, 3.05) is 32.7 Å². The first-order valence-corrected chi connectivity index (χ1v) is 9.38. The molecule has 0 bridgehead atoms. The fourth-order valence-electron chi connectivity index (χ4n) is 3.19. The summed E-state index contributed by atoms with van der Waals surface area (Å²) in [6, 6.07) is 5.58. The molecule has 11 nitrogen and oxygen atoms in total. The molecule has 30 heavy (non-hydrogen) atoms. The molecule has 1 fully saturated rings. The van der Waals surface area contributed by atoms with Gasteiger partial charge in [-0.15, -0.1) is 0 Å². The Balaban J connectivity index is 2.01. The summed E-state index contributed by atoms with van der Waals surface area (Å²) in [6.07, 6.45) is 0.251. The summed E-state index contributed by atoms with van der Waals surface area (Å²) >= 11 is 0. The van der Waals surface area contributed by atoms with E-state index < -0.39 is 48.6 Å². The van der Waals surface area contributed by atoms with E-state index in [0.717, 1.165) is 15.4 Å². The number of aliphatic carboxylic acids is 1. The van der Waals surface area contributed by atoms with Gasteiger partial charge in [-0.05, 0) is 30.7 Å². The summed E-state index contributed by atoms with van der Waals surface area (Å²) < 4.78 is 0. The molecule has 2 rings (SSSR count). The van der Waals surface area contributed by atoms with Crippen LogP contribution in [0.25, 0.3) is 0 Å². The fourth-order valence-corrected chi connectivity index (χ4v) is 3.19. The molecule has 0 saturated carbocycles. The standard InChI is InChI=1S/C19H25N5O6/c20-6-5-12-1-3-13(4-2-12)18(29)22-10-16(26)24-8-7-23(11-17(27)28)19(30)14(24)9-15(21)25/h1-4,14H,5-11,20H2,(H2,21,25)(H,22,29)(H,27,28)/t14-/m0/s1. The van der Waals surface area contributed by atoms with Crippen molar-refractivity contribution in [2.24, 2.45) is 11.5 Å². The maximum atomic E-state index is 12.6. The highest BCUT2D eigenvalue weighted by Crippen LogP contribution is 2.15. The molecular formula is C19H25N5O6. The van der Waals surface area contributed by atoms with Crippen molar-refractivity contribution < 1.29 is 29.1 Å². The van der Waals surface area contributed by atoms with Crippen molar-refractivity contribution in [3.8, 4) is 0 Å². The van der Waals surface area contributed by atoms with Gasteiger partial charge in [-0.1, -0.05) is 12.1 Å². The predicted molar refractivity (Wildman–Crippen MR) is 105 cm³/mol. The molecule has 0 spiro atoms. The zero-order valence-corrected chi connectivity index (χ0v) is 16.4. The number of benzene rings is 1. The van der Waals surface area contributed by atoms with Crippen molar-refractivity contribution in [1.82, 2.24) is 15.1 Å². The number of carboxylic acid groups (broad SMARTS) is 1. The van der Waals surface area contributed by atoms with Crippen LogP contribution in [-0.2, 0) is 25.6 Å². The number of nitrogens with zero attached hydrogens (tertiary/aromatic N) is 2. The van der Waals surface area contributed by atoms with Gasteiger partial charge < -0.3 is 31.7 Å². The van der Waals surface area contributed by atoms with Gasteiger partial charge in [0.15, 0.2) is 0 Å². The number of carbonyl (C=O) groups is 5. The molecule has 0 aromatic heterocycles. The summed E-state index contributed by atoms with van der Waals surface area (Å²) in [6.45, 7) is -0.398. The molecule has 0 radical (unpaired) electrons. The van der Waals surface area contributed by atoms with Crippen LogP contribution in [0.15, 0.2) is 24.3 Å². The number of amides is 4. The van der Waals surface area contributed by atoms with Gasteiger partial charge >= 0.3 is 5.97 Å². The van der Waals surface area contributed by atoms with Gasteiger partial charge in [0.2, 0.25) is 17.7 Å². The van der Waals surface area contributed by atoms with Crippen LogP contribution >= 0.6 is 0 Å². The van der Waals surface area contributed by atoms with Crippen LogP contribution in [0.4, 0.5) is 0 Å². The Morgan fingerprint density at radius 1 is 1.13 bits per heavy atom. The van der Waals surface area contributed by atoms with Crippen LogP contribution in [0.5, 0.6) is 0 Å². The van der Waals surface area contributed by atoms with Crippen molar-refractivity contribution in [2.45, 2.75) is 18.9 Å². The van der Waals surface area contributed by atoms with Gasteiger partial charge in [-0.3, -0.25) is 24.0 Å². The number of nitrogens with one attached hydrogen (secondary N) is 1. The second kappa shape index (κ2) is 10.3. The average Bonchev–Trinajstić information content (AvgIpc) is 2.69. The fraction of sp³-hybridized carbons (Fsp3) is 0.421.